The first kappa shape index (κ1) is 22.5. The number of benzene rings is 3. The van der Waals surface area contributed by atoms with Gasteiger partial charge in [-0.15, -0.1) is 0 Å². The molecule has 0 saturated carbocycles. The molecule has 1 fully saturated rings. The lowest BCUT2D eigenvalue weighted by atomic mass is 10.0. The molecular weight excluding hydrogens is 440 g/mol. The molecule has 2 heterocycles. The average Bonchev–Trinajstić information content (AvgIpc) is 2.92. The molecule has 1 aromatic heterocycles. The molecule has 1 aliphatic rings. The molecule has 0 radical (unpaired) electrons. The summed E-state index contributed by atoms with van der Waals surface area (Å²) in [6.07, 6.45) is 0. The molecule has 178 valence electrons. The maximum Gasteiger partial charge on any atom is 0.322 e. The smallest absolute Gasteiger partial charge is 0.322 e. The quantitative estimate of drug-likeness (QED) is 0.432. The molecule has 5 rings (SSSR count). The topological polar surface area (TPSA) is 66.9 Å². The normalized spacial score (nSPS) is 13.5. The second-order valence-electron chi connectivity index (χ2n) is 8.39. The Morgan fingerprint density at radius 2 is 1.63 bits per heavy atom. The molecule has 4 aromatic rings. The minimum Gasteiger partial charge on any atom is -0.496 e. The zero-order chi connectivity index (χ0) is 24.2. The lowest BCUT2D eigenvalue weighted by Gasteiger charge is -2.36. The van der Waals surface area contributed by atoms with Gasteiger partial charge in [-0.25, -0.2) is 9.78 Å². The van der Waals surface area contributed by atoms with Crippen molar-refractivity contribution in [3.8, 4) is 22.8 Å². The zero-order valence-electron chi connectivity index (χ0n) is 19.9. The van der Waals surface area contributed by atoms with E-state index < -0.39 is 0 Å². The van der Waals surface area contributed by atoms with Crippen LogP contribution in [0.3, 0.4) is 0 Å². The first-order chi connectivity index (χ1) is 17.2. The van der Waals surface area contributed by atoms with E-state index in [0.29, 0.717) is 24.7 Å². The molecular formula is C28H28N4O3. The molecule has 2 amide bonds. The number of aromatic nitrogens is 1. The summed E-state index contributed by atoms with van der Waals surface area (Å²) < 4.78 is 11.0. The molecule has 0 atom stereocenters. The highest BCUT2D eigenvalue weighted by molar-refractivity contribution is 5.94. The molecule has 3 aromatic carbocycles. The van der Waals surface area contributed by atoms with E-state index >= 15 is 0 Å². The first-order valence-electron chi connectivity index (χ1n) is 11.6. The van der Waals surface area contributed by atoms with Gasteiger partial charge in [-0.2, -0.15) is 0 Å². The highest BCUT2D eigenvalue weighted by Crippen LogP contribution is 2.32. The Balaban J connectivity index is 1.26. The summed E-state index contributed by atoms with van der Waals surface area (Å²) in [6.45, 7) is 2.73. The molecule has 0 aliphatic carbocycles. The number of pyridine rings is 1. The highest BCUT2D eigenvalue weighted by Gasteiger charge is 2.23. The van der Waals surface area contributed by atoms with E-state index in [1.807, 2.05) is 53.4 Å². The van der Waals surface area contributed by atoms with Gasteiger partial charge < -0.3 is 24.6 Å². The second-order valence-corrected chi connectivity index (χ2v) is 8.39. The number of para-hydroxylation sites is 2. The minimum atomic E-state index is -0.150. The van der Waals surface area contributed by atoms with E-state index in [-0.39, 0.29) is 6.03 Å². The van der Waals surface area contributed by atoms with Crippen LogP contribution in [0.25, 0.3) is 22.0 Å². The van der Waals surface area contributed by atoms with E-state index in [4.69, 9.17) is 9.47 Å². The van der Waals surface area contributed by atoms with Gasteiger partial charge in [-0.3, -0.25) is 0 Å². The van der Waals surface area contributed by atoms with Gasteiger partial charge in [0.15, 0.2) is 0 Å². The molecule has 0 unspecified atom stereocenters. The Labute approximate surface area is 204 Å². The van der Waals surface area contributed by atoms with Crippen LogP contribution in [0.2, 0.25) is 0 Å². The number of carbonyl (C=O) groups is 1. The van der Waals surface area contributed by atoms with Gasteiger partial charge in [0.25, 0.3) is 0 Å². The number of methoxy groups -OCH3 is 2. The van der Waals surface area contributed by atoms with Crippen LogP contribution < -0.4 is 19.7 Å². The largest absolute Gasteiger partial charge is 0.496 e. The Kier molecular flexibility index (Phi) is 6.39. The number of carbonyl (C=O) groups excluding carboxylic acids is 1. The summed E-state index contributed by atoms with van der Waals surface area (Å²) in [4.78, 5) is 21.7. The summed E-state index contributed by atoms with van der Waals surface area (Å²) in [5, 5.41) is 3.94. The predicted octanol–water partition coefficient (Wildman–Crippen LogP) is 5.27. The lowest BCUT2D eigenvalue weighted by Crippen LogP contribution is -2.50. The van der Waals surface area contributed by atoms with Crippen molar-refractivity contribution < 1.29 is 14.3 Å². The molecule has 1 N–H and O–H groups in total. The zero-order valence-corrected chi connectivity index (χ0v) is 19.9. The van der Waals surface area contributed by atoms with Crippen molar-refractivity contribution in [3.63, 3.8) is 0 Å². The van der Waals surface area contributed by atoms with Gasteiger partial charge in [0.2, 0.25) is 5.88 Å². The number of ether oxygens (including phenoxy) is 2. The van der Waals surface area contributed by atoms with E-state index in [2.05, 4.69) is 45.5 Å². The van der Waals surface area contributed by atoms with Crippen LogP contribution >= 0.6 is 0 Å². The third-order valence-electron chi connectivity index (χ3n) is 6.32. The molecule has 7 heteroatoms. The predicted molar refractivity (Wildman–Crippen MR) is 140 cm³/mol. The Morgan fingerprint density at radius 1 is 0.857 bits per heavy atom. The summed E-state index contributed by atoms with van der Waals surface area (Å²) in [7, 11) is 3.25. The van der Waals surface area contributed by atoms with Crippen LogP contribution in [-0.4, -0.2) is 56.3 Å². The number of nitrogens with zero attached hydrogens (tertiary/aromatic N) is 3. The maximum atomic E-state index is 13.0. The number of fused-ring (bicyclic) bond motifs is 1. The van der Waals surface area contributed by atoms with Crippen molar-refractivity contribution >= 4 is 28.3 Å². The fourth-order valence-corrected chi connectivity index (χ4v) is 4.46. The van der Waals surface area contributed by atoms with Crippen LogP contribution in [0.4, 0.5) is 16.2 Å². The van der Waals surface area contributed by atoms with Crippen molar-refractivity contribution in [3.05, 3.63) is 78.9 Å². The van der Waals surface area contributed by atoms with Crippen molar-refractivity contribution in [2.45, 2.75) is 0 Å². The van der Waals surface area contributed by atoms with Crippen LogP contribution in [0.1, 0.15) is 0 Å². The van der Waals surface area contributed by atoms with Crippen molar-refractivity contribution in [2.24, 2.45) is 0 Å². The van der Waals surface area contributed by atoms with Gasteiger partial charge in [0.1, 0.15) is 11.4 Å². The van der Waals surface area contributed by atoms with Crippen molar-refractivity contribution in [2.75, 3.05) is 50.6 Å². The second kappa shape index (κ2) is 9.93. The Hall–Kier alpha value is -4.26. The molecule has 7 nitrogen and oxygen atoms in total. The number of anilines is 2. The summed E-state index contributed by atoms with van der Waals surface area (Å²) >= 11 is 0. The molecule has 0 bridgehead atoms. The fourth-order valence-electron chi connectivity index (χ4n) is 4.46. The van der Waals surface area contributed by atoms with E-state index in [1.54, 1.807) is 14.2 Å². The average molecular weight is 469 g/mol. The Bertz CT molecular complexity index is 1350. The number of hydrogen-bond donors (Lipinski definition) is 1. The minimum absolute atomic E-state index is 0.150. The Morgan fingerprint density at radius 3 is 2.43 bits per heavy atom. The summed E-state index contributed by atoms with van der Waals surface area (Å²) in [6, 6.07) is 26.0. The standard InChI is InChI=1S/C28H28N4O3/c1-34-26-13-6-4-11-23(26)20-9-7-10-22(18-20)31-14-16-32(17-15-31)28(33)30-25-19-21-8-3-5-12-24(21)29-27(25)35-2/h3-13,18-19H,14-17H2,1-2H3,(H,30,33). The van der Waals surface area contributed by atoms with Gasteiger partial charge in [0.05, 0.1) is 19.7 Å². The van der Waals surface area contributed by atoms with Crippen LogP contribution in [0.5, 0.6) is 11.6 Å². The molecule has 1 aliphatic heterocycles. The number of nitrogens with one attached hydrogen (secondary N) is 1. The third-order valence-corrected chi connectivity index (χ3v) is 6.32. The SMILES string of the molecule is COc1ccccc1-c1cccc(N2CCN(C(=O)Nc3cc4ccccc4nc3OC)CC2)c1. The molecule has 35 heavy (non-hydrogen) atoms. The van der Waals surface area contributed by atoms with E-state index in [0.717, 1.165) is 46.6 Å². The fraction of sp³-hybridized carbons (Fsp3) is 0.214. The van der Waals surface area contributed by atoms with Crippen molar-refractivity contribution in [1.29, 1.82) is 0 Å². The van der Waals surface area contributed by atoms with Crippen LogP contribution in [0.15, 0.2) is 78.9 Å². The number of amides is 2. The number of urea groups is 1. The van der Waals surface area contributed by atoms with Crippen LogP contribution in [-0.2, 0) is 0 Å². The monoisotopic (exact) mass is 468 g/mol. The first-order valence-corrected chi connectivity index (χ1v) is 11.6. The van der Waals surface area contributed by atoms with Gasteiger partial charge in [0, 0.05) is 42.8 Å². The lowest BCUT2D eigenvalue weighted by molar-refractivity contribution is 0.208. The van der Waals surface area contributed by atoms with Crippen LogP contribution in [0, 0.1) is 0 Å². The third kappa shape index (κ3) is 4.71. The van der Waals surface area contributed by atoms with Gasteiger partial charge in [-0.05, 0) is 35.9 Å². The molecule has 0 spiro atoms. The number of piperazine rings is 1. The number of rotatable bonds is 5. The van der Waals surface area contributed by atoms with E-state index in [9.17, 15) is 4.79 Å². The highest BCUT2D eigenvalue weighted by atomic mass is 16.5. The molecule has 1 saturated heterocycles. The summed E-state index contributed by atoms with van der Waals surface area (Å²) in [5.74, 6) is 1.26. The van der Waals surface area contributed by atoms with Gasteiger partial charge in [-0.1, -0.05) is 48.5 Å². The number of hydrogen-bond acceptors (Lipinski definition) is 5. The van der Waals surface area contributed by atoms with E-state index in [1.165, 1.54) is 0 Å². The van der Waals surface area contributed by atoms with Gasteiger partial charge >= 0.3 is 6.03 Å². The van der Waals surface area contributed by atoms with Crippen molar-refractivity contribution in [1.82, 2.24) is 9.88 Å². The maximum absolute atomic E-state index is 13.0. The summed E-state index contributed by atoms with van der Waals surface area (Å²) in [5.41, 5.74) is 4.70.